The number of rotatable bonds is 5. The van der Waals surface area contributed by atoms with Crippen molar-refractivity contribution in [2.24, 2.45) is 0 Å². The molecule has 1 saturated heterocycles. The topological polar surface area (TPSA) is 85.7 Å². The third kappa shape index (κ3) is 4.23. The van der Waals surface area contributed by atoms with E-state index in [1.54, 1.807) is 55.5 Å². The van der Waals surface area contributed by atoms with Crippen LogP contribution in [-0.4, -0.2) is 37.5 Å². The zero-order valence-corrected chi connectivity index (χ0v) is 15.9. The molecule has 1 aliphatic rings. The smallest absolute Gasteiger partial charge is 0.321 e. The lowest BCUT2D eigenvalue weighted by atomic mass is 10.1. The maximum absolute atomic E-state index is 12.5. The van der Waals surface area contributed by atoms with Crippen molar-refractivity contribution in [2.45, 2.75) is 19.4 Å². The minimum absolute atomic E-state index is 0.0782. The minimum Gasteiger partial charge on any atom is -0.494 e. The number of ether oxygens (including phenoxy) is 1. The summed E-state index contributed by atoms with van der Waals surface area (Å²) in [5, 5.41) is 11.8. The molecule has 0 bridgehead atoms. The number of amides is 3. The van der Waals surface area contributed by atoms with E-state index in [1.807, 2.05) is 6.07 Å². The van der Waals surface area contributed by atoms with Crippen molar-refractivity contribution in [3.63, 3.8) is 0 Å². The molecule has 3 amide bonds. The molecule has 0 aliphatic carbocycles. The lowest BCUT2D eigenvalue weighted by molar-refractivity contribution is -0.117. The summed E-state index contributed by atoms with van der Waals surface area (Å²) in [6.45, 7) is 1.05. The van der Waals surface area contributed by atoms with Gasteiger partial charge >= 0.3 is 6.03 Å². The molecule has 3 rings (SSSR count). The van der Waals surface area contributed by atoms with Crippen LogP contribution < -0.4 is 15.0 Å². The standard InChI is InChI=1S/C21H22N4O3/c1-24(14-16-6-3-5-15(11-16)13-22)21(27)23-17-8-9-18(19(12-17)28-2)25-10-4-7-20(25)26/h3,5-6,8-9,11-12H,4,7,10,14H2,1-2H3,(H,23,27). The number of benzene rings is 2. The van der Waals surface area contributed by atoms with E-state index in [4.69, 9.17) is 10.00 Å². The van der Waals surface area contributed by atoms with Crippen molar-refractivity contribution in [1.29, 1.82) is 5.26 Å². The molecule has 1 aliphatic heterocycles. The number of anilines is 2. The number of methoxy groups -OCH3 is 1. The molecule has 0 atom stereocenters. The maximum atomic E-state index is 12.5. The average Bonchev–Trinajstić information content (AvgIpc) is 3.13. The first-order valence-electron chi connectivity index (χ1n) is 9.01. The summed E-state index contributed by atoms with van der Waals surface area (Å²) in [6, 6.07) is 14.2. The van der Waals surface area contributed by atoms with Crippen LogP contribution in [0.25, 0.3) is 0 Å². The molecule has 1 heterocycles. The molecule has 0 spiro atoms. The van der Waals surface area contributed by atoms with Crippen molar-refractivity contribution in [3.8, 4) is 11.8 Å². The molecule has 2 aromatic carbocycles. The van der Waals surface area contributed by atoms with Crippen LogP contribution in [0.2, 0.25) is 0 Å². The molecule has 7 heteroatoms. The highest BCUT2D eigenvalue weighted by atomic mass is 16.5. The first kappa shape index (κ1) is 19.2. The van der Waals surface area contributed by atoms with Crippen LogP contribution in [0.3, 0.4) is 0 Å². The molecule has 1 N–H and O–H groups in total. The van der Waals surface area contributed by atoms with E-state index in [-0.39, 0.29) is 11.9 Å². The first-order chi connectivity index (χ1) is 13.5. The number of nitriles is 1. The van der Waals surface area contributed by atoms with Crippen LogP contribution in [-0.2, 0) is 11.3 Å². The van der Waals surface area contributed by atoms with Gasteiger partial charge in [0.1, 0.15) is 5.75 Å². The summed E-state index contributed by atoms with van der Waals surface area (Å²) in [4.78, 5) is 27.7. The Bertz CT molecular complexity index is 935. The Morgan fingerprint density at radius 2 is 2.14 bits per heavy atom. The maximum Gasteiger partial charge on any atom is 0.321 e. The van der Waals surface area contributed by atoms with E-state index >= 15 is 0 Å². The Labute approximate surface area is 164 Å². The summed E-state index contributed by atoms with van der Waals surface area (Å²) in [5.74, 6) is 0.617. The Morgan fingerprint density at radius 3 is 2.82 bits per heavy atom. The normalized spacial score (nSPS) is 13.2. The summed E-state index contributed by atoms with van der Waals surface area (Å²) in [7, 11) is 3.22. The molecule has 7 nitrogen and oxygen atoms in total. The number of carbonyl (C=O) groups excluding carboxylic acids is 2. The second kappa shape index (κ2) is 8.44. The van der Waals surface area contributed by atoms with Crippen LogP contribution in [0.1, 0.15) is 24.0 Å². The highest BCUT2D eigenvalue weighted by molar-refractivity contribution is 5.97. The largest absolute Gasteiger partial charge is 0.494 e. The van der Waals surface area contributed by atoms with Crippen LogP contribution in [0, 0.1) is 11.3 Å². The predicted molar refractivity (Wildman–Crippen MR) is 106 cm³/mol. The highest BCUT2D eigenvalue weighted by Gasteiger charge is 2.24. The second-order valence-electron chi connectivity index (χ2n) is 6.63. The number of nitrogens with zero attached hydrogens (tertiary/aromatic N) is 3. The Hall–Kier alpha value is -3.53. The molecule has 1 fully saturated rings. The SMILES string of the molecule is COc1cc(NC(=O)N(C)Cc2cccc(C#N)c2)ccc1N1CCCC1=O. The number of hydrogen-bond donors (Lipinski definition) is 1. The van der Waals surface area contributed by atoms with Crippen LogP contribution >= 0.6 is 0 Å². The van der Waals surface area contributed by atoms with E-state index in [9.17, 15) is 9.59 Å². The van der Waals surface area contributed by atoms with E-state index in [2.05, 4.69) is 11.4 Å². The molecule has 0 radical (unpaired) electrons. The first-order valence-corrected chi connectivity index (χ1v) is 9.01. The Kier molecular flexibility index (Phi) is 5.80. The van der Waals surface area contributed by atoms with Crippen molar-refractivity contribution in [2.75, 3.05) is 30.9 Å². The number of urea groups is 1. The predicted octanol–water partition coefficient (Wildman–Crippen LogP) is 3.36. The number of carbonyl (C=O) groups is 2. The van der Waals surface area contributed by atoms with Gasteiger partial charge in [0.25, 0.3) is 0 Å². The lowest BCUT2D eigenvalue weighted by Crippen LogP contribution is -2.31. The van der Waals surface area contributed by atoms with Gasteiger partial charge in [0.2, 0.25) is 5.91 Å². The zero-order valence-electron chi connectivity index (χ0n) is 15.9. The molecular formula is C21H22N4O3. The summed E-state index contributed by atoms with van der Waals surface area (Å²) < 4.78 is 5.42. The van der Waals surface area contributed by atoms with Gasteiger partial charge in [0, 0.05) is 38.3 Å². The highest BCUT2D eigenvalue weighted by Crippen LogP contribution is 2.33. The van der Waals surface area contributed by atoms with E-state index < -0.39 is 0 Å². The summed E-state index contributed by atoms with van der Waals surface area (Å²) in [6.07, 6.45) is 1.37. The van der Waals surface area contributed by atoms with Gasteiger partial charge in [0.05, 0.1) is 24.4 Å². The monoisotopic (exact) mass is 378 g/mol. The van der Waals surface area contributed by atoms with Crippen molar-refractivity contribution >= 4 is 23.3 Å². The molecule has 0 aromatic heterocycles. The van der Waals surface area contributed by atoms with Crippen molar-refractivity contribution in [1.82, 2.24) is 4.90 Å². The van der Waals surface area contributed by atoms with Gasteiger partial charge < -0.3 is 19.9 Å². The van der Waals surface area contributed by atoms with Crippen LogP contribution in [0.15, 0.2) is 42.5 Å². The third-order valence-corrected chi connectivity index (χ3v) is 4.62. The zero-order chi connectivity index (χ0) is 20.1. The second-order valence-corrected chi connectivity index (χ2v) is 6.63. The van der Waals surface area contributed by atoms with E-state index in [0.717, 1.165) is 12.0 Å². The molecule has 144 valence electrons. The van der Waals surface area contributed by atoms with Crippen LogP contribution in [0.5, 0.6) is 5.75 Å². The fraction of sp³-hybridized carbons (Fsp3) is 0.286. The van der Waals surface area contributed by atoms with Gasteiger partial charge in [-0.15, -0.1) is 0 Å². The van der Waals surface area contributed by atoms with Gasteiger partial charge in [-0.3, -0.25) is 4.79 Å². The third-order valence-electron chi connectivity index (χ3n) is 4.62. The van der Waals surface area contributed by atoms with Gasteiger partial charge in [0.15, 0.2) is 0 Å². The van der Waals surface area contributed by atoms with Crippen LogP contribution in [0.4, 0.5) is 16.2 Å². The summed E-state index contributed by atoms with van der Waals surface area (Å²) in [5.41, 5.74) is 2.72. The van der Waals surface area contributed by atoms with E-state index in [0.29, 0.717) is 42.2 Å². The molecule has 28 heavy (non-hydrogen) atoms. The van der Waals surface area contributed by atoms with Gasteiger partial charge in [-0.05, 0) is 36.2 Å². The Balaban J connectivity index is 1.69. The average molecular weight is 378 g/mol. The molecule has 2 aromatic rings. The molecular weight excluding hydrogens is 356 g/mol. The van der Waals surface area contributed by atoms with Crippen molar-refractivity contribution in [3.05, 3.63) is 53.6 Å². The van der Waals surface area contributed by atoms with Gasteiger partial charge in [-0.25, -0.2) is 4.79 Å². The summed E-state index contributed by atoms with van der Waals surface area (Å²) >= 11 is 0. The van der Waals surface area contributed by atoms with E-state index in [1.165, 1.54) is 4.90 Å². The van der Waals surface area contributed by atoms with Crippen molar-refractivity contribution < 1.29 is 14.3 Å². The minimum atomic E-state index is -0.283. The van der Waals surface area contributed by atoms with Gasteiger partial charge in [-0.1, -0.05) is 12.1 Å². The Morgan fingerprint density at radius 1 is 1.32 bits per heavy atom. The fourth-order valence-electron chi connectivity index (χ4n) is 3.19. The number of hydrogen-bond acceptors (Lipinski definition) is 4. The number of nitrogens with one attached hydrogen (secondary N) is 1. The van der Waals surface area contributed by atoms with Gasteiger partial charge in [-0.2, -0.15) is 5.26 Å². The molecule has 0 unspecified atom stereocenters. The lowest BCUT2D eigenvalue weighted by Gasteiger charge is -2.21. The molecule has 0 saturated carbocycles. The quantitative estimate of drug-likeness (QED) is 0.864. The fourth-order valence-corrected chi connectivity index (χ4v) is 3.19.